The summed E-state index contributed by atoms with van der Waals surface area (Å²) in [5, 5.41) is 6.37. The molecule has 2 N–H and O–H groups in total. The van der Waals surface area contributed by atoms with Crippen LogP contribution < -0.4 is 10.6 Å². The number of aliphatic imine (C=N–C) groups is 1. The van der Waals surface area contributed by atoms with Gasteiger partial charge in [-0.3, -0.25) is 9.89 Å². The van der Waals surface area contributed by atoms with E-state index in [0.717, 1.165) is 5.56 Å². The first-order chi connectivity index (χ1) is 12.7. The van der Waals surface area contributed by atoms with Crippen molar-refractivity contribution in [3.63, 3.8) is 0 Å². The van der Waals surface area contributed by atoms with E-state index < -0.39 is 12.7 Å². The molecule has 0 amide bonds. The van der Waals surface area contributed by atoms with E-state index in [1.165, 1.54) is 11.0 Å². The summed E-state index contributed by atoms with van der Waals surface area (Å²) in [6.45, 7) is 6.67. The molecule has 1 aliphatic rings. The number of aryl methyl sites for hydroxylation is 1. The van der Waals surface area contributed by atoms with Gasteiger partial charge >= 0.3 is 6.18 Å². The summed E-state index contributed by atoms with van der Waals surface area (Å²) in [7, 11) is 0. The van der Waals surface area contributed by atoms with E-state index in [1.54, 1.807) is 13.0 Å². The molecule has 9 heteroatoms. The number of nitrogens with zero attached hydrogens (tertiary/aromatic N) is 2. The third-order valence-corrected chi connectivity index (χ3v) is 4.67. The zero-order chi connectivity index (χ0) is 20.0. The van der Waals surface area contributed by atoms with Gasteiger partial charge in [0.25, 0.3) is 0 Å². The van der Waals surface area contributed by atoms with E-state index in [9.17, 15) is 17.6 Å². The lowest BCUT2D eigenvalue weighted by Crippen LogP contribution is -2.39. The molecule has 0 spiro atoms. The smallest absolute Gasteiger partial charge is 0.357 e. The number of benzene rings is 1. The molecular formula is C19H29F4IN4. The quantitative estimate of drug-likeness (QED) is 0.257. The summed E-state index contributed by atoms with van der Waals surface area (Å²) >= 11 is 0. The number of hydrogen-bond acceptors (Lipinski definition) is 2. The molecule has 4 nitrogen and oxygen atoms in total. The highest BCUT2D eigenvalue weighted by atomic mass is 127. The van der Waals surface area contributed by atoms with Crippen molar-refractivity contribution in [3.05, 3.63) is 35.1 Å². The minimum Gasteiger partial charge on any atom is -0.357 e. The Balaban J connectivity index is 0.00000392. The van der Waals surface area contributed by atoms with Crippen LogP contribution in [0, 0.1) is 18.7 Å². The van der Waals surface area contributed by atoms with E-state index in [4.69, 9.17) is 0 Å². The summed E-state index contributed by atoms with van der Waals surface area (Å²) in [6, 6.07) is 4.96. The minimum absolute atomic E-state index is 0. The van der Waals surface area contributed by atoms with E-state index >= 15 is 0 Å². The van der Waals surface area contributed by atoms with Gasteiger partial charge in [0.2, 0.25) is 0 Å². The SMILES string of the molecule is CCNC(=NCC1CCN(CC(F)(F)F)C1)NC(C)c1ccc(C)c(F)c1.I. The lowest BCUT2D eigenvalue weighted by Gasteiger charge is -2.20. The molecule has 0 saturated carbocycles. The number of rotatable bonds is 6. The molecule has 1 fully saturated rings. The van der Waals surface area contributed by atoms with Gasteiger partial charge in [-0.2, -0.15) is 13.2 Å². The zero-order valence-corrected chi connectivity index (χ0v) is 18.8. The van der Waals surface area contributed by atoms with Gasteiger partial charge in [-0.05, 0) is 56.8 Å². The Bertz CT molecular complexity index is 651. The van der Waals surface area contributed by atoms with Gasteiger partial charge in [0.05, 0.1) is 12.6 Å². The predicted octanol–water partition coefficient (Wildman–Crippen LogP) is 4.25. The van der Waals surface area contributed by atoms with E-state index in [-0.39, 0.29) is 41.8 Å². The van der Waals surface area contributed by atoms with Crippen LogP contribution in [-0.2, 0) is 0 Å². The minimum atomic E-state index is -4.16. The van der Waals surface area contributed by atoms with Crippen LogP contribution in [0.25, 0.3) is 0 Å². The highest BCUT2D eigenvalue weighted by Gasteiger charge is 2.34. The number of hydrogen-bond donors (Lipinski definition) is 2. The Morgan fingerprint density at radius 2 is 2.07 bits per heavy atom. The zero-order valence-electron chi connectivity index (χ0n) is 16.4. The van der Waals surface area contributed by atoms with Crippen LogP contribution in [0.5, 0.6) is 0 Å². The molecule has 160 valence electrons. The first-order valence-electron chi connectivity index (χ1n) is 9.28. The number of likely N-dealkylation sites (tertiary alicyclic amines) is 1. The van der Waals surface area contributed by atoms with Crippen LogP contribution in [0.3, 0.4) is 0 Å². The second-order valence-corrected chi connectivity index (χ2v) is 7.10. The lowest BCUT2D eigenvalue weighted by atomic mass is 10.1. The molecule has 0 aliphatic carbocycles. The van der Waals surface area contributed by atoms with Gasteiger partial charge in [0.15, 0.2) is 5.96 Å². The number of alkyl halides is 3. The number of guanidine groups is 1. The van der Waals surface area contributed by atoms with Crippen molar-refractivity contribution in [2.75, 3.05) is 32.7 Å². The van der Waals surface area contributed by atoms with Gasteiger partial charge in [-0.25, -0.2) is 4.39 Å². The molecule has 28 heavy (non-hydrogen) atoms. The summed E-state index contributed by atoms with van der Waals surface area (Å²) in [5.41, 5.74) is 1.40. The largest absolute Gasteiger partial charge is 0.401 e. The van der Waals surface area contributed by atoms with Gasteiger partial charge < -0.3 is 10.6 Å². The maximum Gasteiger partial charge on any atom is 0.401 e. The van der Waals surface area contributed by atoms with Gasteiger partial charge in [-0.15, -0.1) is 24.0 Å². The van der Waals surface area contributed by atoms with Crippen LogP contribution in [0.1, 0.15) is 37.4 Å². The molecule has 1 aromatic rings. The van der Waals surface area contributed by atoms with Crippen molar-refractivity contribution in [2.24, 2.45) is 10.9 Å². The highest BCUT2D eigenvalue weighted by Crippen LogP contribution is 2.23. The fraction of sp³-hybridized carbons (Fsp3) is 0.632. The highest BCUT2D eigenvalue weighted by molar-refractivity contribution is 14.0. The molecule has 1 aliphatic heterocycles. The molecule has 1 aromatic carbocycles. The van der Waals surface area contributed by atoms with Gasteiger partial charge in [0.1, 0.15) is 5.82 Å². The van der Waals surface area contributed by atoms with Crippen molar-refractivity contribution in [2.45, 2.75) is 39.4 Å². The Labute approximate surface area is 181 Å². The predicted molar refractivity (Wildman–Crippen MR) is 115 cm³/mol. The summed E-state index contributed by atoms with van der Waals surface area (Å²) in [5.74, 6) is 0.439. The molecule has 0 radical (unpaired) electrons. The van der Waals surface area contributed by atoms with Crippen molar-refractivity contribution in [3.8, 4) is 0 Å². The normalized spacial score (nSPS) is 19.2. The Morgan fingerprint density at radius 1 is 1.36 bits per heavy atom. The van der Waals surface area contributed by atoms with Crippen LogP contribution >= 0.6 is 24.0 Å². The number of nitrogens with one attached hydrogen (secondary N) is 2. The molecule has 0 aromatic heterocycles. The Morgan fingerprint density at radius 3 is 2.68 bits per heavy atom. The van der Waals surface area contributed by atoms with Crippen LogP contribution in [-0.4, -0.2) is 49.8 Å². The standard InChI is InChI=1S/C19H28F4N4.HI/c1-4-24-18(26-14(3)16-6-5-13(2)17(20)9-16)25-10-15-7-8-27(11-15)12-19(21,22)23;/h5-6,9,14-15H,4,7-8,10-12H2,1-3H3,(H2,24,25,26);1H. The first-order valence-corrected chi connectivity index (χ1v) is 9.28. The molecule has 1 heterocycles. The topological polar surface area (TPSA) is 39.7 Å². The van der Waals surface area contributed by atoms with E-state index in [2.05, 4.69) is 15.6 Å². The average Bonchev–Trinajstić information content (AvgIpc) is 3.00. The number of halogens is 5. The summed E-state index contributed by atoms with van der Waals surface area (Å²) in [6.07, 6.45) is -3.45. The Kier molecular flexibility index (Phi) is 9.96. The maximum atomic E-state index is 13.8. The molecule has 2 unspecified atom stereocenters. The van der Waals surface area contributed by atoms with Crippen molar-refractivity contribution in [1.82, 2.24) is 15.5 Å². The third-order valence-electron chi connectivity index (χ3n) is 4.67. The Hall–Kier alpha value is -1.10. The fourth-order valence-electron chi connectivity index (χ4n) is 3.17. The second-order valence-electron chi connectivity index (χ2n) is 7.10. The summed E-state index contributed by atoms with van der Waals surface area (Å²) < 4.78 is 51.2. The van der Waals surface area contributed by atoms with Crippen molar-refractivity contribution < 1.29 is 17.6 Å². The molecular weight excluding hydrogens is 487 g/mol. The van der Waals surface area contributed by atoms with Crippen LogP contribution in [0.4, 0.5) is 17.6 Å². The molecule has 0 bridgehead atoms. The summed E-state index contributed by atoms with van der Waals surface area (Å²) in [4.78, 5) is 5.95. The molecule has 2 rings (SSSR count). The van der Waals surface area contributed by atoms with E-state index in [0.29, 0.717) is 44.1 Å². The maximum absolute atomic E-state index is 13.8. The van der Waals surface area contributed by atoms with Crippen molar-refractivity contribution >= 4 is 29.9 Å². The first kappa shape index (κ1) is 24.9. The molecule has 1 saturated heterocycles. The fourth-order valence-corrected chi connectivity index (χ4v) is 3.17. The van der Waals surface area contributed by atoms with Crippen LogP contribution in [0.2, 0.25) is 0 Å². The van der Waals surface area contributed by atoms with E-state index in [1.807, 2.05) is 19.9 Å². The van der Waals surface area contributed by atoms with Gasteiger partial charge in [0, 0.05) is 19.6 Å². The molecule has 2 atom stereocenters. The average molecular weight is 516 g/mol. The van der Waals surface area contributed by atoms with Crippen molar-refractivity contribution in [1.29, 1.82) is 0 Å². The second kappa shape index (κ2) is 11.2. The van der Waals surface area contributed by atoms with Crippen LogP contribution in [0.15, 0.2) is 23.2 Å². The van der Waals surface area contributed by atoms with Gasteiger partial charge in [-0.1, -0.05) is 12.1 Å². The monoisotopic (exact) mass is 516 g/mol. The lowest BCUT2D eigenvalue weighted by molar-refractivity contribution is -0.143. The third kappa shape index (κ3) is 8.10.